The van der Waals surface area contributed by atoms with E-state index in [4.69, 9.17) is 4.74 Å². The van der Waals surface area contributed by atoms with E-state index >= 15 is 0 Å². The minimum absolute atomic E-state index is 0.115. The summed E-state index contributed by atoms with van der Waals surface area (Å²) in [4.78, 5) is 13.9. The summed E-state index contributed by atoms with van der Waals surface area (Å²) in [5, 5.41) is 0. The van der Waals surface area contributed by atoms with E-state index in [1.54, 1.807) is 24.0 Å². The van der Waals surface area contributed by atoms with Crippen LogP contribution in [0.3, 0.4) is 0 Å². The summed E-state index contributed by atoms with van der Waals surface area (Å²) < 4.78 is 31.9. The molecule has 1 aromatic carbocycles. The van der Waals surface area contributed by atoms with Gasteiger partial charge in [0.25, 0.3) is 0 Å². The first-order valence-electron chi connectivity index (χ1n) is 6.89. The van der Waals surface area contributed by atoms with Crippen LogP contribution < -0.4 is 9.46 Å². The molecule has 1 amide bonds. The molecule has 1 aromatic rings. The summed E-state index contributed by atoms with van der Waals surface area (Å²) in [6.45, 7) is 2.97. The minimum atomic E-state index is -3.71. The molecule has 0 aliphatic carbocycles. The summed E-state index contributed by atoms with van der Waals surface area (Å²) in [7, 11) is -2.20. The Morgan fingerprint density at radius 2 is 1.81 bits per heavy atom. The Bertz CT molecular complexity index is 592. The van der Waals surface area contributed by atoms with E-state index < -0.39 is 16.1 Å². The van der Waals surface area contributed by atoms with E-state index in [-0.39, 0.29) is 10.8 Å². The highest BCUT2D eigenvalue weighted by molar-refractivity contribution is 7.89. The highest BCUT2D eigenvalue weighted by Gasteiger charge is 2.27. The number of amides is 1. The molecule has 1 saturated heterocycles. The van der Waals surface area contributed by atoms with Gasteiger partial charge in [-0.15, -0.1) is 0 Å². The van der Waals surface area contributed by atoms with Gasteiger partial charge in [0.1, 0.15) is 5.75 Å². The van der Waals surface area contributed by atoms with Crippen LogP contribution in [-0.4, -0.2) is 45.5 Å². The number of hydrogen-bond acceptors (Lipinski definition) is 4. The van der Waals surface area contributed by atoms with Gasteiger partial charge < -0.3 is 9.64 Å². The third-order valence-corrected chi connectivity index (χ3v) is 5.05. The molecule has 21 heavy (non-hydrogen) atoms. The van der Waals surface area contributed by atoms with E-state index in [1.165, 1.54) is 19.2 Å². The van der Waals surface area contributed by atoms with E-state index in [0.29, 0.717) is 18.8 Å². The van der Waals surface area contributed by atoms with Gasteiger partial charge in [-0.2, -0.15) is 4.72 Å². The second-order valence-electron chi connectivity index (χ2n) is 5.05. The van der Waals surface area contributed by atoms with E-state index in [0.717, 1.165) is 12.8 Å². The first-order valence-corrected chi connectivity index (χ1v) is 8.37. The molecule has 7 heteroatoms. The van der Waals surface area contributed by atoms with Crippen LogP contribution in [0.15, 0.2) is 29.2 Å². The average Bonchev–Trinajstić information content (AvgIpc) is 3.00. The predicted octanol–water partition coefficient (Wildman–Crippen LogP) is 0.984. The molecular formula is C14H20N2O4S. The maximum Gasteiger partial charge on any atom is 0.241 e. The van der Waals surface area contributed by atoms with Crippen molar-refractivity contribution in [2.75, 3.05) is 20.2 Å². The van der Waals surface area contributed by atoms with Gasteiger partial charge in [0, 0.05) is 13.1 Å². The molecular weight excluding hydrogens is 292 g/mol. The first kappa shape index (κ1) is 15.8. The molecule has 116 valence electrons. The van der Waals surface area contributed by atoms with Crippen molar-refractivity contribution in [1.82, 2.24) is 9.62 Å². The number of carbonyl (C=O) groups is 1. The zero-order chi connectivity index (χ0) is 15.5. The van der Waals surface area contributed by atoms with Gasteiger partial charge in [0.2, 0.25) is 15.9 Å². The molecule has 0 unspecified atom stereocenters. The number of rotatable bonds is 5. The number of benzene rings is 1. The molecule has 0 spiro atoms. The number of methoxy groups -OCH3 is 1. The molecule has 0 radical (unpaired) electrons. The standard InChI is InChI=1S/C14H20N2O4S/c1-11(14(17)16-9-3-4-10-16)15-21(18,19)13-7-5-12(20-2)6-8-13/h5-8,11,15H,3-4,9-10H2,1-2H3/t11-/m1/s1. The highest BCUT2D eigenvalue weighted by Crippen LogP contribution is 2.16. The fourth-order valence-corrected chi connectivity index (χ4v) is 3.51. The lowest BCUT2D eigenvalue weighted by molar-refractivity contribution is -0.131. The molecule has 1 N–H and O–H groups in total. The third-order valence-electron chi connectivity index (χ3n) is 3.49. The van der Waals surface area contributed by atoms with Gasteiger partial charge in [-0.3, -0.25) is 4.79 Å². The Morgan fingerprint density at radius 1 is 1.24 bits per heavy atom. The van der Waals surface area contributed by atoms with Crippen LogP contribution in [-0.2, 0) is 14.8 Å². The number of nitrogens with zero attached hydrogens (tertiary/aromatic N) is 1. The van der Waals surface area contributed by atoms with Crippen LogP contribution in [0.4, 0.5) is 0 Å². The second-order valence-corrected chi connectivity index (χ2v) is 6.76. The smallest absolute Gasteiger partial charge is 0.241 e. The van der Waals surface area contributed by atoms with Crippen LogP contribution in [0.1, 0.15) is 19.8 Å². The molecule has 0 saturated carbocycles. The van der Waals surface area contributed by atoms with Crippen molar-refractivity contribution in [3.8, 4) is 5.75 Å². The van der Waals surface area contributed by atoms with Crippen molar-refractivity contribution in [2.45, 2.75) is 30.7 Å². The van der Waals surface area contributed by atoms with Crippen LogP contribution >= 0.6 is 0 Å². The fraction of sp³-hybridized carbons (Fsp3) is 0.500. The Hall–Kier alpha value is -1.60. The van der Waals surface area contributed by atoms with Crippen LogP contribution in [0, 0.1) is 0 Å². The van der Waals surface area contributed by atoms with Crippen molar-refractivity contribution in [3.05, 3.63) is 24.3 Å². The maximum absolute atomic E-state index is 12.2. The zero-order valence-electron chi connectivity index (χ0n) is 12.2. The van der Waals surface area contributed by atoms with Crippen LogP contribution in [0.2, 0.25) is 0 Å². The lowest BCUT2D eigenvalue weighted by atomic mass is 10.3. The van der Waals surface area contributed by atoms with Gasteiger partial charge in [-0.25, -0.2) is 8.42 Å². The van der Waals surface area contributed by atoms with Gasteiger partial charge in [-0.1, -0.05) is 0 Å². The van der Waals surface area contributed by atoms with E-state index in [2.05, 4.69) is 4.72 Å². The molecule has 1 atom stereocenters. The number of likely N-dealkylation sites (tertiary alicyclic amines) is 1. The monoisotopic (exact) mass is 312 g/mol. The normalized spacial score (nSPS) is 16.8. The summed E-state index contributed by atoms with van der Waals surface area (Å²) in [5.41, 5.74) is 0. The molecule has 1 aliphatic rings. The Labute approximate surface area is 125 Å². The Kier molecular flexibility index (Phi) is 4.84. The number of hydrogen-bond donors (Lipinski definition) is 1. The third kappa shape index (κ3) is 3.74. The van der Waals surface area contributed by atoms with Gasteiger partial charge >= 0.3 is 0 Å². The maximum atomic E-state index is 12.2. The first-order chi connectivity index (χ1) is 9.94. The summed E-state index contributed by atoms with van der Waals surface area (Å²) >= 11 is 0. The fourth-order valence-electron chi connectivity index (χ4n) is 2.32. The largest absolute Gasteiger partial charge is 0.497 e. The quantitative estimate of drug-likeness (QED) is 0.879. The lowest BCUT2D eigenvalue weighted by Crippen LogP contribution is -2.45. The van der Waals surface area contributed by atoms with Crippen molar-refractivity contribution in [2.24, 2.45) is 0 Å². The average molecular weight is 312 g/mol. The topological polar surface area (TPSA) is 75.7 Å². The van der Waals surface area contributed by atoms with Crippen LogP contribution in [0.25, 0.3) is 0 Å². The molecule has 1 heterocycles. The van der Waals surface area contributed by atoms with Crippen molar-refractivity contribution in [1.29, 1.82) is 0 Å². The highest BCUT2D eigenvalue weighted by atomic mass is 32.2. The summed E-state index contributed by atoms with van der Waals surface area (Å²) in [6.07, 6.45) is 1.95. The van der Waals surface area contributed by atoms with E-state index in [9.17, 15) is 13.2 Å². The molecule has 1 aliphatic heterocycles. The van der Waals surface area contributed by atoms with Crippen molar-refractivity contribution in [3.63, 3.8) is 0 Å². The lowest BCUT2D eigenvalue weighted by Gasteiger charge is -2.21. The van der Waals surface area contributed by atoms with Gasteiger partial charge in [-0.05, 0) is 44.0 Å². The Morgan fingerprint density at radius 3 is 2.33 bits per heavy atom. The Balaban J connectivity index is 2.06. The predicted molar refractivity (Wildman–Crippen MR) is 78.6 cm³/mol. The van der Waals surface area contributed by atoms with Gasteiger partial charge in [0.05, 0.1) is 18.0 Å². The van der Waals surface area contributed by atoms with Gasteiger partial charge in [0.15, 0.2) is 0 Å². The SMILES string of the molecule is COc1ccc(S(=O)(=O)N[C@H](C)C(=O)N2CCCC2)cc1. The number of nitrogens with one attached hydrogen (secondary N) is 1. The van der Waals surface area contributed by atoms with Crippen molar-refractivity contribution < 1.29 is 17.9 Å². The minimum Gasteiger partial charge on any atom is -0.497 e. The number of ether oxygens (including phenoxy) is 1. The van der Waals surface area contributed by atoms with Crippen LogP contribution in [0.5, 0.6) is 5.75 Å². The number of carbonyl (C=O) groups excluding carboxylic acids is 1. The molecule has 2 rings (SSSR count). The number of sulfonamides is 1. The van der Waals surface area contributed by atoms with E-state index in [1.807, 2.05) is 0 Å². The summed E-state index contributed by atoms with van der Waals surface area (Å²) in [5.74, 6) is 0.403. The molecule has 6 nitrogen and oxygen atoms in total. The second kappa shape index (κ2) is 6.44. The molecule has 1 fully saturated rings. The zero-order valence-corrected chi connectivity index (χ0v) is 13.0. The molecule has 0 bridgehead atoms. The molecule has 0 aromatic heterocycles. The summed E-state index contributed by atoms with van der Waals surface area (Å²) in [6, 6.07) is 5.28. The van der Waals surface area contributed by atoms with Crippen molar-refractivity contribution >= 4 is 15.9 Å².